The summed E-state index contributed by atoms with van der Waals surface area (Å²) in [6.07, 6.45) is 4.39. The maximum Gasteiger partial charge on any atom is 0.222 e. The fourth-order valence-electron chi connectivity index (χ4n) is 3.72. The second kappa shape index (κ2) is 6.92. The van der Waals surface area contributed by atoms with Crippen molar-refractivity contribution in [3.05, 3.63) is 60.3 Å². The predicted octanol–water partition coefficient (Wildman–Crippen LogP) is 2.98. The monoisotopic (exact) mass is 372 g/mol. The normalized spacial score (nSPS) is 14.3. The summed E-state index contributed by atoms with van der Waals surface area (Å²) in [5, 5.41) is 17.1. The molecule has 3 heterocycles. The standard InChI is InChI=1S/C21H20N6O/c28-20-9-4-11-26(20)12-10-15-5-3-6-16(13-15)27-14-19(23-25-27)21-17-7-1-2-8-18(17)22-24-21/h1-3,5-8,13-14H,4,9-12H2,(H,22,24). The number of rotatable bonds is 5. The molecule has 0 bridgehead atoms. The molecule has 0 spiro atoms. The first-order valence-corrected chi connectivity index (χ1v) is 9.51. The van der Waals surface area contributed by atoms with Gasteiger partial charge in [0.1, 0.15) is 11.4 Å². The molecule has 1 N–H and O–H groups in total. The fourth-order valence-corrected chi connectivity index (χ4v) is 3.72. The SMILES string of the molecule is O=C1CCCN1CCc1cccc(-n2cc(-c3n[nH]c4ccccc34)nn2)c1. The van der Waals surface area contributed by atoms with Crippen LogP contribution in [0.4, 0.5) is 0 Å². The highest BCUT2D eigenvalue weighted by Gasteiger charge is 2.19. The average Bonchev–Trinajstić information content (AvgIpc) is 3.46. The zero-order valence-electron chi connectivity index (χ0n) is 15.4. The van der Waals surface area contributed by atoms with Gasteiger partial charge in [-0.25, -0.2) is 4.68 Å². The molecule has 0 unspecified atom stereocenters. The van der Waals surface area contributed by atoms with Gasteiger partial charge in [0.2, 0.25) is 5.91 Å². The van der Waals surface area contributed by atoms with Gasteiger partial charge in [-0.3, -0.25) is 9.89 Å². The largest absolute Gasteiger partial charge is 0.342 e. The molecule has 0 aliphatic carbocycles. The lowest BCUT2D eigenvalue weighted by Crippen LogP contribution is -2.26. The molecule has 1 saturated heterocycles. The summed E-state index contributed by atoms with van der Waals surface area (Å²) in [6, 6.07) is 16.2. The Morgan fingerprint density at radius 2 is 2.04 bits per heavy atom. The lowest BCUT2D eigenvalue weighted by molar-refractivity contribution is -0.127. The number of likely N-dealkylation sites (tertiary alicyclic amines) is 1. The number of fused-ring (bicyclic) bond motifs is 1. The molecule has 2 aromatic carbocycles. The molecule has 0 atom stereocenters. The Labute approximate surface area is 162 Å². The maximum absolute atomic E-state index is 11.8. The van der Waals surface area contributed by atoms with E-state index in [-0.39, 0.29) is 5.91 Å². The number of H-pyrrole nitrogens is 1. The van der Waals surface area contributed by atoms with Crippen molar-refractivity contribution in [2.24, 2.45) is 0 Å². The van der Waals surface area contributed by atoms with Crippen molar-refractivity contribution in [3.8, 4) is 17.1 Å². The first kappa shape index (κ1) is 16.7. The molecular formula is C21H20N6O. The Hall–Kier alpha value is -3.48. The highest BCUT2D eigenvalue weighted by Crippen LogP contribution is 2.24. The topological polar surface area (TPSA) is 79.7 Å². The molecule has 5 rings (SSSR count). The van der Waals surface area contributed by atoms with Gasteiger partial charge in [0.05, 0.1) is 17.4 Å². The van der Waals surface area contributed by atoms with Gasteiger partial charge in [-0.2, -0.15) is 5.10 Å². The number of benzene rings is 2. The van der Waals surface area contributed by atoms with Gasteiger partial charge in [-0.1, -0.05) is 35.5 Å². The first-order valence-electron chi connectivity index (χ1n) is 9.51. The predicted molar refractivity (Wildman–Crippen MR) is 106 cm³/mol. The zero-order valence-corrected chi connectivity index (χ0v) is 15.4. The molecule has 28 heavy (non-hydrogen) atoms. The van der Waals surface area contributed by atoms with Crippen molar-refractivity contribution >= 4 is 16.8 Å². The molecule has 1 amide bonds. The third-order valence-corrected chi connectivity index (χ3v) is 5.22. The number of nitrogens with zero attached hydrogens (tertiary/aromatic N) is 5. The Morgan fingerprint density at radius 3 is 2.93 bits per heavy atom. The van der Waals surface area contributed by atoms with E-state index in [4.69, 9.17) is 0 Å². The van der Waals surface area contributed by atoms with Crippen molar-refractivity contribution in [1.82, 2.24) is 30.1 Å². The highest BCUT2D eigenvalue weighted by atomic mass is 16.2. The van der Waals surface area contributed by atoms with Gasteiger partial charge in [0, 0.05) is 24.9 Å². The smallest absolute Gasteiger partial charge is 0.222 e. The van der Waals surface area contributed by atoms with Gasteiger partial charge in [-0.15, -0.1) is 5.10 Å². The van der Waals surface area contributed by atoms with Gasteiger partial charge in [0.15, 0.2) is 0 Å². The minimum atomic E-state index is 0.267. The van der Waals surface area contributed by atoms with E-state index < -0.39 is 0 Å². The molecule has 0 saturated carbocycles. The summed E-state index contributed by atoms with van der Waals surface area (Å²) < 4.78 is 1.77. The van der Waals surface area contributed by atoms with Crippen molar-refractivity contribution in [3.63, 3.8) is 0 Å². The van der Waals surface area contributed by atoms with Gasteiger partial charge in [0.25, 0.3) is 0 Å². The first-order chi connectivity index (χ1) is 13.8. The zero-order chi connectivity index (χ0) is 18.9. The molecule has 0 radical (unpaired) electrons. The molecular weight excluding hydrogens is 352 g/mol. The molecule has 1 aliphatic heterocycles. The van der Waals surface area contributed by atoms with E-state index in [1.54, 1.807) is 4.68 Å². The number of aromatic amines is 1. The summed E-state index contributed by atoms with van der Waals surface area (Å²) in [6.45, 7) is 1.65. The third-order valence-electron chi connectivity index (χ3n) is 5.22. The van der Waals surface area contributed by atoms with Crippen molar-refractivity contribution in [2.75, 3.05) is 13.1 Å². The van der Waals surface area contributed by atoms with Crippen LogP contribution in [0, 0.1) is 0 Å². The van der Waals surface area contributed by atoms with E-state index in [1.165, 1.54) is 5.56 Å². The van der Waals surface area contributed by atoms with E-state index in [0.29, 0.717) is 6.42 Å². The second-order valence-electron chi connectivity index (χ2n) is 7.07. The summed E-state index contributed by atoms with van der Waals surface area (Å²) in [7, 11) is 0. The average molecular weight is 372 g/mol. The Morgan fingerprint density at radius 1 is 1.11 bits per heavy atom. The van der Waals surface area contributed by atoms with E-state index in [1.807, 2.05) is 47.5 Å². The number of hydrogen-bond acceptors (Lipinski definition) is 4. The third kappa shape index (κ3) is 3.05. The summed E-state index contributed by atoms with van der Waals surface area (Å²) in [5.41, 5.74) is 4.63. The van der Waals surface area contributed by atoms with Crippen LogP contribution in [-0.2, 0) is 11.2 Å². The van der Waals surface area contributed by atoms with Crippen LogP contribution in [0.1, 0.15) is 18.4 Å². The Balaban J connectivity index is 1.37. The van der Waals surface area contributed by atoms with Gasteiger partial charge >= 0.3 is 0 Å². The highest BCUT2D eigenvalue weighted by molar-refractivity contribution is 5.91. The van der Waals surface area contributed by atoms with Crippen molar-refractivity contribution < 1.29 is 4.79 Å². The van der Waals surface area contributed by atoms with Crippen molar-refractivity contribution in [1.29, 1.82) is 0 Å². The fraction of sp³-hybridized carbons (Fsp3) is 0.238. The summed E-state index contributed by atoms with van der Waals surface area (Å²) in [5.74, 6) is 0.267. The van der Waals surface area contributed by atoms with E-state index in [0.717, 1.165) is 53.9 Å². The number of carbonyl (C=O) groups is 1. The molecule has 2 aromatic heterocycles. The molecule has 7 nitrogen and oxygen atoms in total. The summed E-state index contributed by atoms with van der Waals surface area (Å²) in [4.78, 5) is 13.7. The van der Waals surface area contributed by atoms with E-state index >= 15 is 0 Å². The molecule has 1 aliphatic rings. The molecule has 4 aromatic rings. The van der Waals surface area contributed by atoms with Crippen LogP contribution < -0.4 is 0 Å². The van der Waals surface area contributed by atoms with Gasteiger partial charge in [-0.05, 0) is 36.6 Å². The number of carbonyl (C=O) groups excluding carboxylic acids is 1. The van der Waals surface area contributed by atoms with Crippen LogP contribution in [0.3, 0.4) is 0 Å². The van der Waals surface area contributed by atoms with Crippen LogP contribution in [-0.4, -0.2) is 49.1 Å². The molecule has 7 heteroatoms. The number of aromatic nitrogens is 5. The quantitative estimate of drug-likeness (QED) is 0.584. The van der Waals surface area contributed by atoms with Gasteiger partial charge < -0.3 is 4.90 Å². The Kier molecular flexibility index (Phi) is 4.12. The van der Waals surface area contributed by atoms with Crippen LogP contribution in [0.5, 0.6) is 0 Å². The Bertz CT molecular complexity index is 1140. The lowest BCUT2D eigenvalue weighted by Gasteiger charge is -2.15. The van der Waals surface area contributed by atoms with Crippen molar-refractivity contribution in [2.45, 2.75) is 19.3 Å². The van der Waals surface area contributed by atoms with Crippen LogP contribution >= 0.6 is 0 Å². The molecule has 140 valence electrons. The minimum absolute atomic E-state index is 0.267. The van der Waals surface area contributed by atoms with E-state index in [2.05, 4.69) is 32.6 Å². The number of nitrogens with one attached hydrogen (secondary N) is 1. The second-order valence-corrected chi connectivity index (χ2v) is 7.07. The van der Waals surface area contributed by atoms with Crippen LogP contribution in [0.2, 0.25) is 0 Å². The lowest BCUT2D eigenvalue weighted by atomic mass is 10.1. The number of amides is 1. The van der Waals surface area contributed by atoms with Crippen LogP contribution in [0.15, 0.2) is 54.7 Å². The summed E-state index contributed by atoms with van der Waals surface area (Å²) >= 11 is 0. The maximum atomic E-state index is 11.8. The van der Waals surface area contributed by atoms with E-state index in [9.17, 15) is 4.79 Å². The minimum Gasteiger partial charge on any atom is -0.342 e. The van der Waals surface area contributed by atoms with Crippen LogP contribution in [0.25, 0.3) is 28.0 Å². The molecule has 1 fully saturated rings. The number of para-hydroxylation sites is 1. The number of hydrogen-bond donors (Lipinski definition) is 1.